The van der Waals surface area contributed by atoms with Crippen LogP contribution in [-0.4, -0.2) is 21.3 Å². The fourth-order valence-corrected chi connectivity index (χ4v) is 2.03. The van der Waals surface area contributed by atoms with Gasteiger partial charge in [-0.2, -0.15) is 18.3 Å². The standard InChI is InChI=1S/C11H6ClF4N3O3/c1-18-10(22-11(15)16)8(12)9(17-18)4-2-7(19(20)21)6(14)3-5(4)13/h2-3,11H,1H3. The first-order chi connectivity index (χ1) is 10.2. The lowest BCUT2D eigenvalue weighted by Crippen LogP contribution is -2.06. The van der Waals surface area contributed by atoms with E-state index in [1.165, 1.54) is 7.05 Å². The number of benzene rings is 1. The van der Waals surface area contributed by atoms with E-state index in [-0.39, 0.29) is 11.8 Å². The third kappa shape index (κ3) is 2.82. The summed E-state index contributed by atoms with van der Waals surface area (Å²) in [6, 6.07) is 0.858. The summed E-state index contributed by atoms with van der Waals surface area (Å²) in [5.74, 6) is -3.13. The van der Waals surface area contributed by atoms with Crippen molar-refractivity contribution in [1.29, 1.82) is 0 Å². The molecule has 0 aliphatic carbocycles. The van der Waals surface area contributed by atoms with Crippen molar-refractivity contribution in [3.63, 3.8) is 0 Å². The minimum Gasteiger partial charge on any atom is -0.416 e. The summed E-state index contributed by atoms with van der Waals surface area (Å²) in [5.41, 5.74) is -1.91. The number of ether oxygens (including phenoxy) is 1. The van der Waals surface area contributed by atoms with E-state index in [9.17, 15) is 27.7 Å². The average molecular weight is 340 g/mol. The summed E-state index contributed by atoms with van der Waals surface area (Å²) < 4.78 is 56.5. The SMILES string of the molecule is Cn1nc(-c2cc([N+](=O)[O-])c(F)cc2F)c(Cl)c1OC(F)F. The highest BCUT2D eigenvalue weighted by atomic mass is 35.5. The van der Waals surface area contributed by atoms with Crippen LogP contribution in [0.5, 0.6) is 5.88 Å². The van der Waals surface area contributed by atoms with Crippen LogP contribution in [-0.2, 0) is 7.05 Å². The van der Waals surface area contributed by atoms with Crippen molar-refractivity contribution < 1.29 is 27.2 Å². The van der Waals surface area contributed by atoms with Gasteiger partial charge in [-0.3, -0.25) is 10.1 Å². The zero-order valence-electron chi connectivity index (χ0n) is 10.7. The van der Waals surface area contributed by atoms with Crippen molar-refractivity contribution >= 4 is 17.3 Å². The van der Waals surface area contributed by atoms with Crippen molar-refractivity contribution in [2.45, 2.75) is 6.61 Å². The van der Waals surface area contributed by atoms with Crippen molar-refractivity contribution in [2.75, 3.05) is 0 Å². The van der Waals surface area contributed by atoms with Gasteiger partial charge in [0.2, 0.25) is 11.7 Å². The molecule has 0 radical (unpaired) electrons. The monoisotopic (exact) mass is 339 g/mol. The molecular weight excluding hydrogens is 334 g/mol. The highest BCUT2D eigenvalue weighted by molar-refractivity contribution is 6.34. The molecule has 6 nitrogen and oxygen atoms in total. The van der Waals surface area contributed by atoms with E-state index < -0.39 is 45.3 Å². The van der Waals surface area contributed by atoms with Crippen LogP contribution in [0.15, 0.2) is 12.1 Å². The lowest BCUT2D eigenvalue weighted by molar-refractivity contribution is -0.387. The molecule has 0 aliphatic rings. The number of hydrogen-bond acceptors (Lipinski definition) is 4. The number of aromatic nitrogens is 2. The van der Waals surface area contributed by atoms with Gasteiger partial charge in [0.25, 0.3) is 0 Å². The third-order valence-corrected chi connectivity index (χ3v) is 2.97. The van der Waals surface area contributed by atoms with Crippen LogP contribution < -0.4 is 4.74 Å². The molecule has 2 rings (SSSR count). The molecule has 0 spiro atoms. The van der Waals surface area contributed by atoms with E-state index >= 15 is 0 Å². The lowest BCUT2D eigenvalue weighted by atomic mass is 10.1. The molecule has 0 aliphatic heterocycles. The van der Waals surface area contributed by atoms with Gasteiger partial charge in [0.05, 0.1) is 4.92 Å². The highest BCUT2D eigenvalue weighted by Crippen LogP contribution is 2.38. The molecule has 118 valence electrons. The molecule has 22 heavy (non-hydrogen) atoms. The molecular formula is C11H6ClF4N3O3. The summed E-state index contributed by atoms with van der Waals surface area (Å²) in [6.45, 7) is -3.20. The first kappa shape index (κ1) is 16.0. The van der Waals surface area contributed by atoms with Gasteiger partial charge in [-0.25, -0.2) is 9.07 Å². The van der Waals surface area contributed by atoms with Crippen molar-refractivity contribution in [2.24, 2.45) is 7.05 Å². The topological polar surface area (TPSA) is 70.2 Å². The maximum Gasteiger partial charge on any atom is 0.388 e. The molecule has 1 heterocycles. The zero-order valence-corrected chi connectivity index (χ0v) is 11.4. The van der Waals surface area contributed by atoms with E-state index in [2.05, 4.69) is 9.84 Å². The van der Waals surface area contributed by atoms with Gasteiger partial charge in [-0.05, 0) is 0 Å². The minimum absolute atomic E-state index is 0.284. The van der Waals surface area contributed by atoms with Gasteiger partial charge in [0, 0.05) is 24.7 Å². The molecule has 0 saturated heterocycles. The Morgan fingerprint density at radius 2 is 2.00 bits per heavy atom. The largest absolute Gasteiger partial charge is 0.416 e. The lowest BCUT2D eigenvalue weighted by Gasteiger charge is -2.04. The van der Waals surface area contributed by atoms with Crippen LogP contribution in [0.3, 0.4) is 0 Å². The smallest absolute Gasteiger partial charge is 0.388 e. The second-order valence-electron chi connectivity index (χ2n) is 4.01. The average Bonchev–Trinajstić information content (AvgIpc) is 2.66. The number of halogens is 5. The Morgan fingerprint density at radius 1 is 1.36 bits per heavy atom. The Morgan fingerprint density at radius 3 is 2.55 bits per heavy atom. The zero-order chi connectivity index (χ0) is 16.6. The number of alkyl halides is 2. The quantitative estimate of drug-likeness (QED) is 0.485. The highest BCUT2D eigenvalue weighted by Gasteiger charge is 2.26. The van der Waals surface area contributed by atoms with Gasteiger partial charge >= 0.3 is 12.3 Å². The maximum atomic E-state index is 13.8. The summed E-state index contributed by atoms with van der Waals surface area (Å²) >= 11 is 5.78. The Labute approximate surface area is 125 Å². The van der Waals surface area contributed by atoms with E-state index in [0.29, 0.717) is 6.07 Å². The molecule has 0 unspecified atom stereocenters. The number of nitro benzene ring substituents is 1. The normalized spacial score (nSPS) is 11.0. The van der Waals surface area contributed by atoms with Crippen molar-refractivity contribution in [3.05, 3.63) is 38.9 Å². The number of rotatable bonds is 4. The fourth-order valence-electron chi connectivity index (χ4n) is 1.73. The van der Waals surface area contributed by atoms with E-state index in [4.69, 9.17) is 11.6 Å². The second-order valence-corrected chi connectivity index (χ2v) is 4.39. The van der Waals surface area contributed by atoms with Gasteiger partial charge in [-0.1, -0.05) is 11.6 Å². The van der Waals surface area contributed by atoms with Crippen LogP contribution in [0.2, 0.25) is 5.02 Å². The Bertz CT molecular complexity index is 751. The maximum absolute atomic E-state index is 13.8. The third-order valence-electron chi connectivity index (χ3n) is 2.63. The Kier molecular flexibility index (Phi) is 4.22. The summed E-state index contributed by atoms with van der Waals surface area (Å²) in [5, 5.41) is 13.9. The molecule has 0 N–H and O–H groups in total. The molecule has 11 heteroatoms. The van der Waals surface area contributed by atoms with Crippen LogP contribution in [0.4, 0.5) is 23.2 Å². The summed E-state index contributed by atoms with van der Waals surface area (Å²) in [4.78, 5) is 9.62. The van der Waals surface area contributed by atoms with Crippen LogP contribution in [0, 0.1) is 21.7 Å². The second kappa shape index (κ2) is 5.79. The number of nitro groups is 1. The number of hydrogen-bond donors (Lipinski definition) is 0. The predicted octanol–water partition coefficient (Wildman–Crippen LogP) is 3.53. The number of nitrogens with zero attached hydrogens (tertiary/aromatic N) is 3. The first-order valence-electron chi connectivity index (χ1n) is 5.53. The van der Waals surface area contributed by atoms with E-state index in [1.807, 2.05) is 0 Å². The van der Waals surface area contributed by atoms with Gasteiger partial charge < -0.3 is 4.74 Å². The predicted molar refractivity (Wildman–Crippen MR) is 66.9 cm³/mol. The van der Waals surface area contributed by atoms with Crippen LogP contribution in [0.25, 0.3) is 11.3 Å². The molecule has 1 aromatic heterocycles. The van der Waals surface area contributed by atoms with Crippen LogP contribution in [0.1, 0.15) is 0 Å². The molecule has 1 aromatic carbocycles. The van der Waals surface area contributed by atoms with Crippen molar-refractivity contribution in [1.82, 2.24) is 9.78 Å². The van der Waals surface area contributed by atoms with Gasteiger partial charge in [0.1, 0.15) is 16.5 Å². The minimum atomic E-state index is -3.20. The Hall–Kier alpha value is -2.36. The van der Waals surface area contributed by atoms with Crippen LogP contribution >= 0.6 is 11.6 Å². The molecule has 0 amide bonds. The fraction of sp³-hybridized carbons (Fsp3) is 0.182. The van der Waals surface area contributed by atoms with E-state index in [0.717, 1.165) is 4.68 Å². The molecule has 0 saturated carbocycles. The van der Waals surface area contributed by atoms with Gasteiger partial charge in [-0.15, -0.1) is 0 Å². The number of aryl methyl sites for hydroxylation is 1. The Balaban J connectivity index is 2.62. The van der Waals surface area contributed by atoms with Crippen molar-refractivity contribution in [3.8, 4) is 17.1 Å². The van der Waals surface area contributed by atoms with Gasteiger partial charge in [0.15, 0.2) is 0 Å². The summed E-state index contributed by atoms with van der Waals surface area (Å²) in [6.07, 6.45) is 0. The molecule has 0 bridgehead atoms. The van der Waals surface area contributed by atoms with E-state index in [1.54, 1.807) is 0 Å². The molecule has 2 aromatic rings. The molecule has 0 atom stereocenters. The summed E-state index contributed by atoms with van der Waals surface area (Å²) in [7, 11) is 1.20. The first-order valence-corrected chi connectivity index (χ1v) is 5.91. The molecule has 0 fully saturated rings.